The number of rotatable bonds is 7. The van der Waals surface area contributed by atoms with Gasteiger partial charge in [0.15, 0.2) is 5.17 Å². The summed E-state index contributed by atoms with van der Waals surface area (Å²) in [6.07, 6.45) is 2.14. The second-order valence-corrected chi connectivity index (χ2v) is 8.42. The first kappa shape index (κ1) is 21.8. The quantitative estimate of drug-likeness (QED) is 0.382. The van der Waals surface area contributed by atoms with Crippen LogP contribution in [0.25, 0.3) is 0 Å². The van der Waals surface area contributed by atoms with Crippen LogP contribution in [0, 0.1) is 5.82 Å². The molecule has 0 unspecified atom stereocenters. The lowest BCUT2D eigenvalue weighted by Gasteiger charge is -2.16. The topological polar surface area (TPSA) is 54.3 Å². The molecule has 5 nitrogen and oxygen atoms in total. The van der Waals surface area contributed by atoms with Crippen LogP contribution in [0.2, 0.25) is 0 Å². The van der Waals surface area contributed by atoms with E-state index in [2.05, 4.69) is 10.2 Å². The Kier molecular flexibility index (Phi) is 6.97. The van der Waals surface area contributed by atoms with Gasteiger partial charge in [0.25, 0.3) is 0 Å². The molecule has 3 aromatic rings. The molecule has 0 aliphatic carbocycles. The second-order valence-electron chi connectivity index (χ2n) is 7.25. The molecule has 3 aromatic carbocycles. The van der Waals surface area contributed by atoms with Crippen LogP contribution >= 0.6 is 11.8 Å². The van der Waals surface area contributed by atoms with Crippen LogP contribution in [-0.4, -0.2) is 34.5 Å². The van der Waals surface area contributed by atoms with Crippen LogP contribution in [0.1, 0.15) is 16.7 Å². The van der Waals surface area contributed by atoms with Gasteiger partial charge in [-0.2, -0.15) is 5.10 Å². The Morgan fingerprint density at radius 1 is 1.00 bits per heavy atom. The number of amides is 1. The summed E-state index contributed by atoms with van der Waals surface area (Å²) in [6, 6.07) is 23.5. The molecular weight excluding hydrogens is 425 g/mol. The van der Waals surface area contributed by atoms with E-state index in [9.17, 15) is 9.18 Å². The summed E-state index contributed by atoms with van der Waals surface area (Å²) >= 11 is 1.39. The maximum absolute atomic E-state index is 13.2. The normalized spacial score (nSPS) is 17.4. The summed E-state index contributed by atoms with van der Waals surface area (Å²) in [5.74, 6) is 0.449. The van der Waals surface area contributed by atoms with Gasteiger partial charge in [0.2, 0.25) is 5.91 Å². The summed E-state index contributed by atoms with van der Waals surface area (Å²) < 4.78 is 18.4. The number of hydrogen-bond donors (Lipinski definition) is 0. The number of carbonyl (C=O) groups excluding carboxylic acids is 1. The molecule has 1 fully saturated rings. The van der Waals surface area contributed by atoms with E-state index in [1.54, 1.807) is 30.4 Å². The predicted molar refractivity (Wildman–Crippen MR) is 126 cm³/mol. The lowest BCUT2D eigenvalue weighted by molar-refractivity contribution is -0.126. The van der Waals surface area contributed by atoms with Crippen molar-refractivity contribution in [3.8, 4) is 5.75 Å². The number of thioether (sulfide) groups is 1. The van der Waals surface area contributed by atoms with E-state index in [4.69, 9.17) is 4.74 Å². The molecule has 1 atom stereocenters. The van der Waals surface area contributed by atoms with Crippen LogP contribution in [-0.2, 0) is 17.8 Å². The highest BCUT2D eigenvalue weighted by atomic mass is 32.2. The molecule has 0 saturated carbocycles. The molecule has 0 radical (unpaired) electrons. The maximum Gasteiger partial charge on any atom is 0.242 e. The average molecular weight is 448 g/mol. The summed E-state index contributed by atoms with van der Waals surface area (Å²) in [5.41, 5.74) is 2.79. The molecule has 1 amide bonds. The zero-order valence-electron chi connectivity index (χ0n) is 17.5. The molecule has 7 heteroatoms. The summed E-state index contributed by atoms with van der Waals surface area (Å²) in [6.45, 7) is 0.420. The smallest absolute Gasteiger partial charge is 0.242 e. The van der Waals surface area contributed by atoms with Crippen LogP contribution in [0.3, 0.4) is 0 Å². The van der Waals surface area contributed by atoms with Gasteiger partial charge < -0.3 is 4.74 Å². The first-order valence-electron chi connectivity index (χ1n) is 10.1. The van der Waals surface area contributed by atoms with E-state index in [0.29, 0.717) is 18.1 Å². The van der Waals surface area contributed by atoms with Gasteiger partial charge in [0.05, 0.1) is 25.1 Å². The van der Waals surface area contributed by atoms with E-state index in [1.165, 1.54) is 23.9 Å². The Bertz CT molecular complexity index is 1120. The third-order valence-corrected chi connectivity index (χ3v) is 6.17. The molecule has 0 bridgehead atoms. The number of benzene rings is 3. The van der Waals surface area contributed by atoms with Gasteiger partial charge in [-0.25, -0.2) is 4.39 Å². The van der Waals surface area contributed by atoms with Crippen molar-refractivity contribution in [1.82, 2.24) is 4.90 Å². The molecular formula is C25H22FN3O2S. The minimum absolute atomic E-state index is 0.0263. The van der Waals surface area contributed by atoms with Crippen molar-refractivity contribution in [1.29, 1.82) is 0 Å². The SMILES string of the molecule is COc1ccc(/C=N\N=C2/S[C@@H](Cc3ccc(F)cc3)C(=O)N2Cc2ccccc2)cc1. The largest absolute Gasteiger partial charge is 0.497 e. The molecule has 162 valence electrons. The fourth-order valence-electron chi connectivity index (χ4n) is 3.30. The number of methoxy groups -OCH3 is 1. The summed E-state index contributed by atoms with van der Waals surface area (Å²) in [5, 5.41) is 8.79. The summed E-state index contributed by atoms with van der Waals surface area (Å²) in [4.78, 5) is 14.8. The Labute approximate surface area is 190 Å². The highest BCUT2D eigenvalue weighted by Crippen LogP contribution is 2.31. The number of halogens is 1. The number of ether oxygens (including phenoxy) is 1. The minimum Gasteiger partial charge on any atom is -0.497 e. The zero-order valence-corrected chi connectivity index (χ0v) is 18.3. The van der Waals surface area contributed by atoms with E-state index in [0.717, 1.165) is 22.4 Å². The van der Waals surface area contributed by atoms with Crippen molar-refractivity contribution >= 4 is 29.1 Å². The Balaban J connectivity index is 1.54. The van der Waals surface area contributed by atoms with Crippen molar-refractivity contribution in [2.75, 3.05) is 7.11 Å². The second kappa shape index (κ2) is 10.2. The average Bonchev–Trinajstić information content (AvgIpc) is 3.11. The lowest BCUT2D eigenvalue weighted by atomic mass is 10.1. The van der Waals surface area contributed by atoms with E-state index in [-0.39, 0.29) is 17.0 Å². The number of nitrogens with zero attached hydrogens (tertiary/aromatic N) is 3. The Morgan fingerprint density at radius 3 is 2.41 bits per heavy atom. The van der Waals surface area contributed by atoms with Gasteiger partial charge >= 0.3 is 0 Å². The van der Waals surface area contributed by atoms with Gasteiger partial charge in [-0.1, -0.05) is 54.2 Å². The first-order chi connectivity index (χ1) is 15.6. The van der Waals surface area contributed by atoms with Gasteiger partial charge in [-0.3, -0.25) is 9.69 Å². The standard InChI is InChI=1S/C25H22FN3O2S/c1-31-22-13-9-19(10-14-22)16-27-28-25-29(17-20-5-3-2-4-6-20)24(30)23(32-25)15-18-7-11-21(26)12-8-18/h2-14,16,23H,15,17H2,1H3/b27-16-,28-25-/t23-/m0/s1. The van der Waals surface area contributed by atoms with E-state index < -0.39 is 0 Å². The lowest BCUT2D eigenvalue weighted by Crippen LogP contribution is -2.32. The highest BCUT2D eigenvalue weighted by molar-refractivity contribution is 8.15. The molecule has 0 spiro atoms. The minimum atomic E-state index is -0.334. The first-order valence-corrected chi connectivity index (χ1v) is 11.0. The molecule has 1 saturated heterocycles. The Hall–Kier alpha value is -3.45. The third-order valence-electron chi connectivity index (χ3n) is 5.00. The van der Waals surface area contributed by atoms with E-state index in [1.807, 2.05) is 54.6 Å². The van der Waals surface area contributed by atoms with Gasteiger partial charge in [0.1, 0.15) is 11.6 Å². The molecule has 4 rings (SSSR count). The van der Waals surface area contributed by atoms with Crippen molar-refractivity contribution in [2.24, 2.45) is 10.2 Å². The molecule has 1 aliphatic heterocycles. The molecule has 1 heterocycles. The van der Waals surface area contributed by atoms with Gasteiger partial charge in [-0.05, 0) is 59.5 Å². The van der Waals surface area contributed by atoms with Crippen molar-refractivity contribution in [3.05, 3.63) is 101 Å². The fourth-order valence-corrected chi connectivity index (χ4v) is 4.43. The van der Waals surface area contributed by atoms with Crippen LogP contribution in [0.15, 0.2) is 89.1 Å². The molecule has 0 N–H and O–H groups in total. The fraction of sp³-hybridized carbons (Fsp3) is 0.160. The molecule has 0 aromatic heterocycles. The maximum atomic E-state index is 13.2. The third kappa shape index (κ3) is 5.42. The van der Waals surface area contributed by atoms with Crippen LogP contribution < -0.4 is 4.74 Å². The van der Waals surface area contributed by atoms with Crippen molar-refractivity contribution in [3.63, 3.8) is 0 Å². The molecule has 32 heavy (non-hydrogen) atoms. The van der Waals surface area contributed by atoms with Gasteiger partial charge in [-0.15, -0.1) is 5.10 Å². The Morgan fingerprint density at radius 2 is 1.72 bits per heavy atom. The number of hydrogen-bond acceptors (Lipinski definition) is 5. The molecule has 1 aliphatic rings. The number of amidine groups is 1. The highest BCUT2D eigenvalue weighted by Gasteiger charge is 2.38. The van der Waals surface area contributed by atoms with Crippen LogP contribution in [0.4, 0.5) is 4.39 Å². The number of carbonyl (C=O) groups is 1. The predicted octanol–water partition coefficient (Wildman–Crippen LogP) is 4.91. The van der Waals surface area contributed by atoms with Gasteiger partial charge in [0, 0.05) is 0 Å². The summed E-state index contributed by atoms with van der Waals surface area (Å²) in [7, 11) is 1.62. The van der Waals surface area contributed by atoms with Crippen LogP contribution in [0.5, 0.6) is 5.75 Å². The van der Waals surface area contributed by atoms with Crippen molar-refractivity contribution < 1.29 is 13.9 Å². The monoisotopic (exact) mass is 447 g/mol. The zero-order chi connectivity index (χ0) is 22.3. The van der Waals surface area contributed by atoms with E-state index >= 15 is 0 Å². The van der Waals surface area contributed by atoms with Crippen molar-refractivity contribution in [2.45, 2.75) is 18.2 Å².